The molecule has 1 saturated heterocycles. The van der Waals surface area contributed by atoms with Crippen molar-refractivity contribution in [2.24, 2.45) is 0 Å². The first-order chi connectivity index (χ1) is 14.4. The second-order valence-corrected chi connectivity index (χ2v) is 22.7. The summed E-state index contributed by atoms with van der Waals surface area (Å²) in [5.41, 5.74) is 1.31. The van der Waals surface area contributed by atoms with Crippen LogP contribution in [0.4, 0.5) is 0 Å². The van der Waals surface area contributed by atoms with Gasteiger partial charge in [-0.15, -0.1) is 0 Å². The van der Waals surface area contributed by atoms with E-state index >= 15 is 0 Å². The van der Waals surface area contributed by atoms with Gasteiger partial charge in [-0.1, -0.05) is 83.1 Å². The van der Waals surface area contributed by atoms with E-state index in [2.05, 4.69) is 83.1 Å². The summed E-state index contributed by atoms with van der Waals surface area (Å²) in [6.07, 6.45) is 0.547. The fourth-order valence-electron chi connectivity index (χ4n) is 6.25. The third-order valence-corrected chi connectivity index (χ3v) is 18.6. The van der Waals surface area contributed by atoms with Crippen LogP contribution in [0.25, 0.3) is 0 Å². The van der Waals surface area contributed by atoms with Crippen molar-refractivity contribution in [3.63, 3.8) is 0 Å². The quantitative estimate of drug-likeness (QED) is 0.496. The molecule has 2 N–H and O–H groups in total. The Hall–Kier alpha value is -0.161. The van der Waals surface area contributed by atoms with Gasteiger partial charge in [0, 0.05) is 10.1 Å². The predicted octanol–water partition coefficient (Wildman–Crippen LogP) is 5.30. The number of hydrogen-bond acceptors (Lipinski definition) is 6. The SMILES string of the molecule is CC(C)[Si](O[C@@H]1C=C(B(O)O)O[C@@H]2CO[Si](C(C)(C)C)(C(C)(C)C)OC12)(C(C)C)C(C)C. The lowest BCUT2D eigenvalue weighted by atomic mass is 9.84. The van der Waals surface area contributed by atoms with Crippen molar-refractivity contribution >= 4 is 24.0 Å². The normalized spacial score (nSPS) is 26.8. The molecule has 0 aliphatic carbocycles. The molecule has 0 radical (unpaired) electrons. The standard InChI is InChI=1S/C23H47BO6Si2/c1-15(2)31(16(3)4,17(5)6)29-18-13-20(24(25)26)28-19-14-27-32(22(7,8)9,23(10,11)12)30-21(18)19/h13,15-19,21,25-26H,14H2,1-12H3/t18-,19-,21?/m1/s1. The van der Waals surface area contributed by atoms with Gasteiger partial charge in [0.15, 0.2) is 0 Å². The van der Waals surface area contributed by atoms with Crippen LogP contribution in [-0.2, 0) is 18.0 Å². The van der Waals surface area contributed by atoms with Gasteiger partial charge in [-0.25, -0.2) is 0 Å². The van der Waals surface area contributed by atoms with Crippen LogP contribution in [0.3, 0.4) is 0 Å². The third kappa shape index (κ3) is 4.81. The second-order valence-electron chi connectivity index (χ2n) is 12.5. The highest BCUT2D eigenvalue weighted by Crippen LogP contribution is 2.55. The minimum Gasteiger partial charge on any atom is -0.493 e. The van der Waals surface area contributed by atoms with Crippen molar-refractivity contribution in [1.29, 1.82) is 0 Å². The molecule has 2 rings (SSSR count). The fourth-order valence-corrected chi connectivity index (χ4v) is 16.7. The first-order valence-electron chi connectivity index (χ1n) is 12.1. The van der Waals surface area contributed by atoms with E-state index in [-0.39, 0.29) is 21.8 Å². The molecule has 1 fully saturated rings. The summed E-state index contributed by atoms with van der Waals surface area (Å²) >= 11 is 0. The van der Waals surface area contributed by atoms with E-state index in [1.807, 2.05) is 0 Å². The summed E-state index contributed by atoms with van der Waals surface area (Å²) < 4.78 is 26.7. The van der Waals surface area contributed by atoms with Crippen LogP contribution in [0.5, 0.6) is 0 Å². The van der Waals surface area contributed by atoms with E-state index in [1.54, 1.807) is 6.08 Å². The number of rotatable bonds is 6. The minimum atomic E-state index is -2.74. The Balaban J connectivity index is 2.59. The Labute approximate surface area is 198 Å². The van der Waals surface area contributed by atoms with Gasteiger partial charge in [-0.05, 0) is 22.7 Å². The maximum Gasteiger partial charge on any atom is 0.525 e. The van der Waals surface area contributed by atoms with E-state index < -0.39 is 36.2 Å². The molecule has 2 heterocycles. The lowest BCUT2D eigenvalue weighted by Crippen LogP contribution is -2.69. The summed E-state index contributed by atoms with van der Waals surface area (Å²) in [5, 5.41) is 19.5. The van der Waals surface area contributed by atoms with Crippen LogP contribution in [0.1, 0.15) is 83.1 Å². The topological polar surface area (TPSA) is 77.4 Å². The van der Waals surface area contributed by atoms with Crippen molar-refractivity contribution < 1.29 is 28.1 Å². The molecule has 0 amide bonds. The molecule has 9 heteroatoms. The monoisotopic (exact) mass is 486 g/mol. The second kappa shape index (κ2) is 9.47. The molecule has 0 aromatic heterocycles. The third-order valence-electron chi connectivity index (χ3n) is 7.34. The number of hydrogen-bond donors (Lipinski definition) is 2. The van der Waals surface area contributed by atoms with Crippen LogP contribution in [-0.4, -0.2) is 59.0 Å². The van der Waals surface area contributed by atoms with Crippen LogP contribution in [0.15, 0.2) is 11.7 Å². The van der Waals surface area contributed by atoms with Gasteiger partial charge in [-0.3, -0.25) is 0 Å². The fraction of sp³-hybridized carbons (Fsp3) is 0.913. The van der Waals surface area contributed by atoms with E-state index in [4.69, 9.17) is 18.0 Å². The largest absolute Gasteiger partial charge is 0.525 e. The van der Waals surface area contributed by atoms with Crippen molar-refractivity contribution in [1.82, 2.24) is 0 Å². The van der Waals surface area contributed by atoms with Crippen molar-refractivity contribution in [3.8, 4) is 0 Å². The maximum atomic E-state index is 9.92. The first-order valence-corrected chi connectivity index (χ1v) is 16.1. The smallest absolute Gasteiger partial charge is 0.493 e. The summed E-state index contributed by atoms with van der Waals surface area (Å²) in [6, 6.07) is 0. The van der Waals surface area contributed by atoms with Crippen molar-refractivity contribution in [3.05, 3.63) is 11.7 Å². The molecule has 6 nitrogen and oxygen atoms in total. The summed E-state index contributed by atoms with van der Waals surface area (Å²) in [5.74, 6) is 0. The van der Waals surface area contributed by atoms with Crippen LogP contribution < -0.4 is 0 Å². The van der Waals surface area contributed by atoms with E-state index in [9.17, 15) is 10.0 Å². The van der Waals surface area contributed by atoms with Crippen molar-refractivity contribution in [2.75, 3.05) is 6.61 Å². The minimum absolute atomic E-state index is 0.128. The molecule has 3 atom stereocenters. The molecule has 2 aliphatic rings. The molecule has 2 aliphatic heterocycles. The molecule has 0 saturated carbocycles. The first kappa shape index (κ1) is 28.1. The average Bonchev–Trinajstić information content (AvgIpc) is 2.62. The molecule has 32 heavy (non-hydrogen) atoms. The van der Waals surface area contributed by atoms with Crippen LogP contribution >= 0.6 is 0 Å². The Morgan fingerprint density at radius 2 is 1.44 bits per heavy atom. The van der Waals surface area contributed by atoms with Crippen molar-refractivity contribution in [2.45, 2.75) is 128 Å². The molecular formula is C23H47BO6Si2. The molecule has 186 valence electrons. The Kier molecular flexibility index (Phi) is 8.31. The highest BCUT2D eigenvalue weighted by Gasteiger charge is 2.64. The zero-order valence-electron chi connectivity index (χ0n) is 22.4. The van der Waals surface area contributed by atoms with Gasteiger partial charge in [0.1, 0.15) is 17.9 Å². The molecule has 0 aromatic rings. The summed E-state index contributed by atoms with van der Waals surface area (Å²) in [6.45, 7) is 27.0. The predicted molar refractivity (Wildman–Crippen MR) is 135 cm³/mol. The van der Waals surface area contributed by atoms with Gasteiger partial charge in [-0.2, -0.15) is 0 Å². The van der Waals surface area contributed by atoms with E-state index in [0.29, 0.717) is 23.2 Å². The highest BCUT2D eigenvalue weighted by atomic mass is 28.4. The Morgan fingerprint density at radius 1 is 0.969 bits per heavy atom. The highest BCUT2D eigenvalue weighted by molar-refractivity contribution is 6.77. The number of fused-ring (bicyclic) bond motifs is 1. The maximum absolute atomic E-state index is 9.92. The van der Waals surface area contributed by atoms with E-state index in [1.165, 1.54) is 0 Å². The molecule has 0 spiro atoms. The van der Waals surface area contributed by atoms with Crippen LogP contribution in [0.2, 0.25) is 26.7 Å². The summed E-state index contributed by atoms with van der Waals surface area (Å²) in [7, 11) is -6.69. The zero-order chi connectivity index (χ0) is 24.9. The molecular weight excluding hydrogens is 439 g/mol. The molecule has 0 bridgehead atoms. The Morgan fingerprint density at radius 3 is 1.81 bits per heavy atom. The van der Waals surface area contributed by atoms with Gasteiger partial charge < -0.3 is 28.1 Å². The van der Waals surface area contributed by atoms with Gasteiger partial charge in [0.25, 0.3) is 0 Å². The summed E-state index contributed by atoms with van der Waals surface area (Å²) in [4.78, 5) is 0. The lowest BCUT2D eigenvalue weighted by Gasteiger charge is -2.57. The average molecular weight is 487 g/mol. The number of ether oxygens (including phenoxy) is 1. The zero-order valence-corrected chi connectivity index (χ0v) is 24.4. The van der Waals surface area contributed by atoms with Gasteiger partial charge in [0.05, 0.1) is 12.7 Å². The lowest BCUT2D eigenvalue weighted by molar-refractivity contribution is -0.125. The molecule has 1 unspecified atom stereocenters. The van der Waals surface area contributed by atoms with Gasteiger partial charge in [0.2, 0.25) is 8.32 Å². The Bertz CT molecular complexity index is 645. The van der Waals surface area contributed by atoms with Crippen LogP contribution in [0, 0.1) is 0 Å². The molecule has 0 aromatic carbocycles. The van der Waals surface area contributed by atoms with Gasteiger partial charge >= 0.3 is 15.7 Å². The van der Waals surface area contributed by atoms with E-state index in [0.717, 1.165) is 0 Å².